The molecule has 0 saturated carbocycles. The van der Waals surface area contributed by atoms with Gasteiger partial charge in [-0.15, -0.1) is 0 Å². The number of methoxy groups -OCH3 is 1. The lowest BCUT2D eigenvalue weighted by Gasteiger charge is -2.24. The summed E-state index contributed by atoms with van der Waals surface area (Å²) >= 11 is 0. The molecule has 0 fully saturated rings. The Labute approximate surface area is 103 Å². The molecule has 0 atom stereocenters. The lowest BCUT2D eigenvalue weighted by molar-refractivity contribution is -0.141. The Balaban J connectivity index is 4.19. The molecule has 0 aliphatic heterocycles. The number of carbonyl (C=O) groups excluding carboxylic acids is 2. The topological polar surface area (TPSA) is 67.4 Å². The highest BCUT2D eigenvalue weighted by Gasteiger charge is 2.35. The fourth-order valence-corrected chi connectivity index (χ4v) is 1.19. The second-order valence-electron chi connectivity index (χ2n) is 4.86. The molecule has 2 amide bonds. The van der Waals surface area contributed by atoms with Gasteiger partial charge in [-0.05, 0) is 34.1 Å². The van der Waals surface area contributed by atoms with Gasteiger partial charge in [-0.25, -0.2) is 0 Å². The number of ether oxygens (including phenoxy) is 1. The average molecular weight is 244 g/mol. The zero-order valence-electron chi connectivity index (χ0n) is 11.4. The van der Waals surface area contributed by atoms with Gasteiger partial charge in [-0.2, -0.15) is 0 Å². The fourth-order valence-electron chi connectivity index (χ4n) is 1.19. The summed E-state index contributed by atoms with van der Waals surface area (Å²) in [7, 11) is 1.61. The Kier molecular flexibility index (Phi) is 6.80. The minimum Gasteiger partial charge on any atom is -0.385 e. The van der Waals surface area contributed by atoms with Gasteiger partial charge in [0.1, 0.15) is 5.41 Å². The van der Waals surface area contributed by atoms with Crippen LogP contribution in [0.15, 0.2) is 0 Å². The predicted octanol–water partition coefficient (Wildman–Crippen LogP) is 0.690. The minimum atomic E-state index is -1.04. The van der Waals surface area contributed by atoms with Gasteiger partial charge in [0.15, 0.2) is 0 Å². The largest absolute Gasteiger partial charge is 0.385 e. The fraction of sp³-hybridized carbons (Fsp3) is 0.833. The average Bonchev–Trinajstić information content (AvgIpc) is 2.23. The van der Waals surface area contributed by atoms with Crippen molar-refractivity contribution in [2.24, 2.45) is 5.41 Å². The third-order valence-corrected chi connectivity index (χ3v) is 2.37. The first kappa shape index (κ1) is 15.9. The van der Waals surface area contributed by atoms with Crippen molar-refractivity contribution >= 4 is 11.8 Å². The standard InChI is InChI=1S/C12H24N2O3/c1-9(2)14-11(16)12(3,4)10(15)13-7-6-8-17-5/h9H,6-8H2,1-5H3,(H,13,15)(H,14,16). The van der Waals surface area contributed by atoms with Crippen molar-refractivity contribution < 1.29 is 14.3 Å². The Hall–Kier alpha value is -1.10. The highest BCUT2D eigenvalue weighted by molar-refractivity contribution is 6.04. The van der Waals surface area contributed by atoms with Crippen molar-refractivity contribution in [2.75, 3.05) is 20.3 Å². The van der Waals surface area contributed by atoms with E-state index in [1.807, 2.05) is 13.8 Å². The normalized spacial score (nSPS) is 11.4. The first-order valence-electron chi connectivity index (χ1n) is 5.90. The van der Waals surface area contributed by atoms with E-state index >= 15 is 0 Å². The summed E-state index contributed by atoms with van der Waals surface area (Å²) in [6.07, 6.45) is 0.740. The summed E-state index contributed by atoms with van der Waals surface area (Å²) in [5, 5.41) is 5.47. The van der Waals surface area contributed by atoms with Crippen LogP contribution in [0.5, 0.6) is 0 Å². The molecule has 0 saturated heterocycles. The molecule has 100 valence electrons. The van der Waals surface area contributed by atoms with E-state index in [2.05, 4.69) is 10.6 Å². The highest BCUT2D eigenvalue weighted by atomic mass is 16.5. The Morgan fingerprint density at radius 1 is 1.24 bits per heavy atom. The van der Waals surface area contributed by atoms with Gasteiger partial charge in [0, 0.05) is 26.3 Å². The molecule has 17 heavy (non-hydrogen) atoms. The molecule has 0 aliphatic rings. The van der Waals surface area contributed by atoms with Gasteiger partial charge in [-0.3, -0.25) is 9.59 Å². The van der Waals surface area contributed by atoms with E-state index in [-0.39, 0.29) is 17.9 Å². The Morgan fingerprint density at radius 2 is 1.82 bits per heavy atom. The van der Waals surface area contributed by atoms with E-state index in [0.29, 0.717) is 13.2 Å². The minimum absolute atomic E-state index is 0.0306. The molecule has 0 spiro atoms. The maximum atomic E-state index is 11.8. The quantitative estimate of drug-likeness (QED) is 0.511. The third kappa shape index (κ3) is 5.68. The van der Waals surface area contributed by atoms with Crippen molar-refractivity contribution in [1.29, 1.82) is 0 Å². The second kappa shape index (κ2) is 7.27. The smallest absolute Gasteiger partial charge is 0.235 e. The monoisotopic (exact) mass is 244 g/mol. The van der Waals surface area contributed by atoms with E-state index in [4.69, 9.17) is 4.74 Å². The molecule has 0 heterocycles. The summed E-state index contributed by atoms with van der Waals surface area (Å²) in [6, 6.07) is 0.0306. The first-order valence-corrected chi connectivity index (χ1v) is 5.90. The number of amides is 2. The Bertz CT molecular complexity index is 262. The van der Waals surface area contributed by atoms with E-state index in [0.717, 1.165) is 6.42 Å². The third-order valence-electron chi connectivity index (χ3n) is 2.37. The molecule has 0 unspecified atom stereocenters. The van der Waals surface area contributed by atoms with E-state index in [1.54, 1.807) is 21.0 Å². The van der Waals surface area contributed by atoms with Crippen molar-refractivity contribution in [3.05, 3.63) is 0 Å². The zero-order chi connectivity index (χ0) is 13.5. The maximum absolute atomic E-state index is 11.8. The van der Waals surface area contributed by atoms with Crippen LogP contribution < -0.4 is 10.6 Å². The molecule has 5 heteroatoms. The maximum Gasteiger partial charge on any atom is 0.235 e. The molecular formula is C12H24N2O3. The van der Waals surface area contributed by atoms with Crippen LogP contribution in [0.3, 0.4) is 0 Å². The molecule has 0 radical (unpaired) electrons. The lowest BCUT2D eigenvalue weighted by atomic mass is 9.90. The summed E-state index contributed by atoms with van der Waals surface area (Å²) in [5.41, 5.74) is -1.04. The van der Waals surface area contributed by atoms with E-state index in [9.17, 15) is 9.59 Å². The van der Waals surface area contributed by atoms with Gasteiger partial charge in [0.05, 0.1) is 0 Å². The second-order valence-corrected chi connectivity index (χ2v) is 4.86. The summed E-state index contributed by atoms with van der Waals surface area (Å²) in [6.45, 7) is 8.09. The van der Waals surface area contributed by atoms with Crippen molar-refractivity contribution in [3.8, 4) is 0 Å². The van der Waals surface area contributed by atoms with Gasteiger partial charge in [0.2, 0.25) is 11.8 Å². The van der Waals surface area contributed by atoms with Crippen molar-refractivity contribution in [3.63, 3.8) is 0 Å². The van der Waals surface area contributed by atoms with Gasteiger partial charge >= 0.3 is 0 Å². The van der Waals surface area contributed by atoms with Crippen LogP contribution in [0.25, 0.3) is 0 Å². The molecule has 2 N–H and O–H groups in total. The van der Waals surface area contributed by atoms with Crippen LogP contribution in [0.4, 0.5) is 0 Å². The predicted molar refractivity (Wildman–Crippen MR) is 66.6 cm³/mol. The Morgan fingerprint density at radius 3 is 2.29 bits per heavy atom. The number of hydrogen-bond acceptors (Lipinski definition) is 3. The van der Waals surface area contributed by atoms with E-state index < -0.39 is 5.41 Å². The molecule has 5 nitrogen and oxygen atoms in total. The summed E-state index contributed by atoms with van der Waals surface area (Å²) < 4.78 is 4.88. The summed E-state index contributed by atoms with van der Waals surface area (Å²) in [4.78, 5) is 23.6. The molecule has 0 aromatic carbocycles. The number of carbonyl (C=O) groups is 2. The van der Waals surface area contributed by atoms with Crippen LogP contribution in [0.2, 0.25) is 0 Å². The number of rotatable bonds is 7. The molecular weight excluding hydrogens is 220 g/mol. The SMILES string of the molecule is COCCCNC(=O)C(C)(C)C(=O)NC(C)C. The molecule has 0 rings (SSSR count). The number of nitrogens with one attached hydrogen (secondary N) is 2. The van der Waals surface area contributed by atoms with Gasteiger partial charge < -0.3 is 15.4 Å². The van der Waals surface area contributed by atoms with Crippen LogP contribution in [0, 0.1) is 5.41 Å². The van der Waals surface area contributed by atoms with Crippen LogP contribution >= 0.6 is 0 Å². The van der Waals surface area contributed by atoms with Crippen LogP contribution in [0.1, 0.15) is 34.1 Å². The lowest BCUT2D eigenvalue weighted by Crippen LogP contribution is -2.49. The van der Waals surface area contributed by atoms with Crippen LogP contribution in [-0.2, 0) is 14.3 Å². The molecule has 0 bridgehead atoms. The molecule has 0 aliphatic carbocycles. The van der Waals surface area contributed by atoms with Crippen LogP contribution in [-0.4, -0.2) is 38.1 Å². The van der Waals surface area contributed by atoms with E-state index in [1.165, 1.54) is 0 Å². The number of hydrogen-bond donors (Lipinski definition) is 2. The molecule has 0 aromatic rings. The first-order chi connectivity index (χ1) is 7.82. The van der Waals surface area contributed by atoms with Crippen molar-refractivity contribution in [1.82, 2.24) is 10.6 Å². The summed E-state index contributed by atoms with van der Waals surface area (Å²) in [5.74, 6) is -0.511. The molecule has 0 aromatic heterocycles. The van der Waals surface area contributed by atoms with Gasteiger partial charge in [0.25, 0.3) is 0 Å². The highest BCUT2D eigenvalue weighted by Crippen LogP contribution is 2.15. The van der Waals surface area contributed by atoms with Crippen molar-refractivity contribution in [2.45, 2.75) is 40.2 Å². The zero-order valence-corrected chi connectivity index (χ0v) is 11.4. The van der Waals surface area contributed by atoms with Gasteiger partial charge in [-0.1, -0.05) is 0 Å².